The summed E-state index contributed by atoms with van der Waals surface area (Å²) in [6.07, 6.45) is 4.04. The third-order valence-corrected chi connectivity index (χ3v) is 4.27. The van der Waals surface area contributed by atoms with Crippen LogP contribution in [0.2, 0.25) is 0 Å². The Morgan fingerprint density at radius 2 is 2.06 bits per heavy atom. The highest BCUT2D eigenvalue weighted by atomic mass is 32.1. The van der Waals surface area contributed by atoms with E-state index in [1.807, 2.05) is 6.92 Å². The zero-order valence-electron chi connectivity index (χ0n) is 9.84. The summed E-state index contributed by atoms with van der Waals surface area (Å²) in [6, 6.07) is 0. The quantitative estimate of drug-likeness (QED) is 0.855. The zero-order valence-corrected chi connectivity index (χ0v) is 10.7. The van der Waals surface area contributed by atoms with Crippen LogP contribution in [-0.2, 0) is 12.8 Å². The maximum Gasteiger partial charge on any atom is 0.259 e. The Morgan fingerprint density at radius 3 is 2.71 bits per heavy atom. The molecule has 1 aromatic heterocycles. The minimum atomic E-state index is -0.495. The van der Waals surface area contributed by atoms with E-state index >= 15 is 0 Å². The van der Waals surface area contributed by atoms with E-state index in [1.54, 1.807) is 0 Å². The van der Waals surface area contributed by atoms with Crippen LogP contribution in [0.25, 0.3) is 0 Å². The number of nitrogens with one attached hydrogen (secondary N) is 1. The highest BCUT2D eigenvalue weighted by Gasteiger charge is 2.27. The summed E-state index contributed by atoms with van der Waals surface area (Å²) in [5.41, 5.74) is 6.92. The second kappa shape index (κ2) is 4.87. The molecule has 0 atom stereocenters. The van der Waals surface area contributed by atoms with Crippen LogP contribution >= 0.6 is 11.3 Å². The van der Waals surface area contributed by atoms with Gasteiger partial charge in [-0.3, -0.25) is 9.59 Å². The lowest BCUT2D eigenvalue weighted by Gasteiger charge is -2.12. The monoisotopic (exact) mass is 252 g/mol. The Kier molecular flexibility index (Phi) is 3.47. The molecule has 17 heavy (non-hydrogen) atoms. The van der Waals surface area contributed by atoms with Gasteiger partial charge in [-0.25, -0.2) is 0 Å². The van der Waals surface area contributed by atoms with Crippen molar-refractivity contribution in [2.75, 3.05) is 6.54 Å². The molecule has 1 aliphatic carbocycles. The number of nitrogens with two attached hydrogens (primary N) is 1. The molecule has 0 unspecified atom stereocenters. The SMILES string of the molecule is CCNC(=O)c1c(C(N)=O)sc2c1CCCC2. The Labute approximate surface area is 104 Å². The average molecular weight is 252 g/mol. The van der Waals surface area contributed by atoms with Crippen LogP contribution in [0.5, 0.6) is 0 Å². The predicted octanol–water partition coefficient (Wildman–Crippen LogP) is 1.48. The van der Waals surface area contributed by atoms with Gasteiger partial charge in [0, 0.05) is 11.4 Å². The van der Waals surface area contributed by atoms with Crippen LogP contribution in [-0.4, -0.2) is 18.4 Å². The molecule has 1 heterocycles. The fourth-order valence-corrected chi connectivity index (χ4v) is 3.47. The number of rotatable bonds is 3. The molecule has 0 aromatic carbocycles. The highest BCUT2D eigenvalue weighted by molar-refractivity contribution is 7.14. The summed E-state index contributed by atoms with van der Waals surface area (Å²) in [4.78, 5) is 25.0. The van der Waals surface area contributed by atoms with E-state index in [4.69, 9.17) is 5.73 Å². The number of aryl methyl sites for hydroxylation is 1. The summed E-state index contributed by atoms with van der Waals surface area (Å²) in [5.74, 6) is -0.661. The van der Waals surface area contributed by atoms with E-state index in [9.17, 15) is 9.59 Å². The minimum Gasteiger partial charge on any atom is -0.365 e. The highest BCUT2D eigenvalue weighted by Crippen LogP contribution is 2.34. The first kappa shape index (κ1) is 12.1. The van der Waals surface area contributed by atoms with E-state index < -0.39 is 5.91 Å². The Morgan fingerprint density at radius 1 is 1.35 bits per heavy atom. The fraction of sp³-hybridized carbons (Fsp3) is 0.500. The van der Waals surface area contributed by atoms with E-state index in [2.05, 4.69) is 5.32 Å². The molecule has 5 heteroatoms. The molecular formula is C12H16N2O2S. The normalized spacial score (nSPS) is 14.2. The Bertz CT molecular complexity index is 465. The molecule has 0 radical (unpaired) electrons. The second-order valence-corrected chi connectivity index (χ2v) is 5.24. The van der Waals surface area contributed by atoms with Crippen molar-refractivity contribution in [1.82, 2.24) is 5.32 Å². The Hall–Kier alpha value is -1.36. The van der Waals surface area contributed by atoms with Gasteiger partial charge in [0.2, 0.25) is 0 Å². The van der Waals surface area contributed by atoms with Crippen molar-refractivity contribution >= 4 is 23.2 Å². The van der Waals surface area contributed by atoms with E-state index in [0.29, 0.717) is 17.0 Å². The van der Waals surface area contributed by atoms with Crippen LogP contribution in [0.15, 0.2) is 0 Å². The van der Waals surface area contributed by atoms with Crippen molar-refractivity contribution in [2.24, 2.45) is 5.73 Å². The van der Waals surface area contributed by atoms with Gasteiger partial charge in [-0.2, -0.15) is 0 Å². The number of primary amides is 1. The second-order valence-electron chi connectivity index (χ2n) is 4.14. The molecule has 92 valence electrons. The van der Waals surface area contributed by atoms with Crippen molar-refractivity contribution < 1.29 is 9.59 Å². The largest absolute Gasteiger partial charge is 0.365 e. The molecule has 1 aromatic rings. The Balaban J connectivity index is 2.49. The zero-order chi connectivity index (χ0) is 12.4. The fourth-order valence-electron chi connectivity index (χ4n) is 2.23. The molecule has 0 saturated heterocycles. The predicted molar refractivity (Wildman–Crippen MR) is 67.5 cm³/mol. The van der Waals surface area contributed by atoms with Crippen LogP contribution < -0.4 is 11.1 Å². The summed E-state index contributed by atoms with van der Waals surface area (Å²) < 4.78 is 0. The minimum absolute atomic E-state index is 0.166. The molecule has 0 aliphatic heterocycles. The lowest BCUT2D eigenvalue weighted by atomic mass is 9.94. The first-order valence-corrected chi connectivity index (χ1v) is 6.69. The van der Waals surface area contributed by atoms with Crippen LogP contribution in [0.1, 0.15) is 50.2 Å². The summed E-state index contributed by atoms with van der Waals surface area (Å²) in [7, 11) is 0. The van der Waals surface area contributed by atoms with Crippen molar-refractivity contribution in [1.29, 1.82) is 0 Å². The number of thiophene rings is 1. The molecule has 2 rings (SSSR count). The van der Waals surface area contributed by atoms with Gasteiger partial charge in [0.15, 0.2) is 0 Å². The number of carbonyl (C=O) groups excluding carboxylic acids is 2. The van der Waals surface area contributed by atoms with Crippen molar-refractivity contribution in [2.45, 2.75) is 32.6 Å². The van der Waals surface area contributed by atoms with Gasteiger partial charge < -0.3 is 11.1 Å². The first-order chi connectivity index (χ1) is 8.15. The first-order valence-electron chi connectivity index (χ1n) is 5.87. The smallest absolute Gasteiger partial charge is 0.259 e. The van der Waals surface area contributed by atoms with Crippen molar-refractivity contribution in [3.8, 4) is 0 Å². The van der Waals surface area contributed by atoms with Gasteiger partial charge in [0.25, 0.3) is 11.8 Å². The maximum atomic E-state index is 12.0. The molecule has 1 aliphatic rings. The number of hydrogen-bond donors (Lipinski definition) is 2. The number of hydrogen-bond acceptors (Lipinski definition) is 3. The van der Waals surface area contributed by atoms with Gasteiger partial charge in [0.1, 0.15) is 4.88 Å². The summed E-state index contributed by atoms with van der Waals surface area (Å²) in [6.45, 7) is 2.42. The molecule has 0 fully saturated rings. The third kappa shape index (κ3) is 2.20. The summed E-state index contributed by atoms with van der Waals surface area (Å²) in [5, 5.41) is 2.75. The number of carbonyl (C=O) groups is 2. The van der Waals surface area contributed by atoms with Gasteiger partial charge in [-0.05, 0) is 38.2 Å². The van der Waals surface area contributed by atoms with Gasteiger partial charge in [-0.15, -0.1) is 11.3 Å². The number of amides is 2. The van der Waals surface area contributed by atoms with Crippen LogP contribution in [0, 0.1) is 0 Å². The molecule has 2 amide bonds. The van der Waals surface area contributed by atoms with Gasteiger partial charge in [0.05, 0.1) is 5.56 Å². The van der Waals surface area contributed by atoms with E-state index in [0.717, 1.165) is 36.1 Å². The number of fused-ring (bicyclic) bond motifs is 1. The lowest BCUT2D eigenvalue weighted by molar-refractivity contribution is 0.0939. The van der Waals surface area contributed by atoms with Crippen LogP contribution in [0.3, 0.4) is 0 Å². The molecule has 0 saturated carbocycles. The van der Waals surface area contributed by atoms with E-state index in [-0.39, 0.29) is 5.91 Å². The molecule has 0 bridgehead atoms. The molecule has 3 N–H and O–H groups in total. The average Bonchev–Trinajstić information content (AvgIpc) is 2.68. The summed E-state index contributed by atoms with van der Waals surface area (Å²) >= 11 is 1.39. The van der Waals surface area contributed by atoms with Crippen molar-refractivity contribution in [3.05, 3.63) is 20.9 Å². The molecule has 0 spiro atoms. The van der Waals surface area contributed by atoms with E-state index in [1.165, 1.54) is 11.3 Å². The van der Waals surface area contributed by atoms with Crippen LogP contribution in [0.4, 0.5) is 0 Å². The third-order valence-electron chi connectivity index (χ3n) is 2.96. The maximum absolute atomic E-state index is 12.0. The van der Waals surface area contributed by atoms with Crippen molar-refractivity contribution in [3.63, 3.8) is 0 Å². The van der Waals surface area contributed by atoms with Gasteiger partial charge >= 0.3 is 0 Å². The topological polar surface area (TPSA) is 72.2 Å². The standard InChI is InChI=1S/C12H16N2O2S/c1-2-14-12(16)9-7-5-3-4-6-8(7)17-10(9)11(13)15/h2-6H2,1H3,(H2,13,15)(H,14,16). The molecular weight excluding hydrogens is 236 g/mol. The molecule has 4 nitrogen and oxygen atoms in total. The van der Waals surface area contributed by atoms with Gasteiger partial charge in [-0.1, -0.05) is 0 Å². The lowest BCUT2D eigenvalue weighted by Crippen LogP contribution is -2.26.